The molecule has 1 aliphatic heterocycles. The van der Waals surface area contributed by atoms with Gasteiger partial charge in [0.1, 0.15) is 10.8 Å². The van der Waals surface area contributed by atoms with E-state index >= 15 is 0 Å². The maximum Gasteiger partial charge on any atom is 0.270 e. The van der Waals surface area contributed by atoms with Crippen LogP contribution in [0.1, 0.15) is 30.3 Å². The van der Waals surface area contributed by atoms with E-state index in [0.717, 1.165) is 32.5 Å². The lowest BCUT2D eigenvalue weighted by Gasteiger charge is -2.32. The van der Waals surface area contributed by atoms with Crippen molar-refractivity contribution in [2.24, 2.45) is 0 Å². The molecule has 1 aliphatic rings. The largest absolute Gasteiger partial charge is 0.347 e. The minimum Gasteiger partial charge on any atom is -0.347 e. The second-order valence-corrected chi connectivity index (χ2v) is 4.94. The lowest BCUT2D eigenvalue weighted by molar-refractivity contribution is 0.0901. The highest BCUT2D eigenvalue weighted by molar-refractivity contribution is 6.29. The number of nitrogens with zero attached hydrogens (tertiary/aromatic N) is 2. The number of hydrogen-bond acceptors (Lipinski definition) is 3. The fourth-order valence-electron chi connectivity index (χ4n) is 2.25. The molecule has 5 heteroatoms. The average molecular weight is 268 g/mol. The number of halogens is 1. The van der Waals surface area contributed by atoms with E-state index in [1.165, 1.54) is 0 Å². The van der Waals surface area contributed by atoms with Gasteiger partial charge >= 0.3 is 0 Å². The van der Waals surface area contributed by atoms with Crippen LogP contribution in [0.15, 0.2) is 18.2 Å². The second kappa shape index (κ2) is 6.16. The van der Waals surface area contributed by atoms with Crippen LogP contribution in [0.3, 0.4) is 0 Å². The quantitative estimate of drug-likeness (QED) is 0.852. The van der Waals surface area contributed by atoms with E-state index in [9.17, 15) is 4.79 Å². The molecule has 0 radical (unpaired) electrons. The molecule has 18 heavy (non-hydrogen) atoms. The average Bonchev–Trinajstić information content (AvgIpc) is 2.39. The number of aromatic nitrogens is 1. The highest BCUT2D eigenvalue weighted by Crippen LogP contribution is 2.11. The Morgan fingerprint density at radius 3 is 3.17 bits per heavy atom. The Bertz CT molecular complexity index is 424. The number of rotatable bonds is 3. The van der Waals surface area contributed by atoms with Gasteiger partial charge in [0.2, 0.25) is 0 Å². The molecule has 2 heterocycles. The van der Waals surface area contributed by atoms with Crippen LogP contribution < -0.4 is 5.32 Å². The molecule has 2 rings (SSSR count). The molecule has 98 valence electrons. The molecule has 1 atom stereocenters. The zero-order chi connectivity index (χ0) is 13.0. The van der Waals surface area contributed by atoms with E-state index in [0.29, 0.717) is 10.8 Å². The molecule has 0 aromatic carbocycles. The van der Waals surface area contributed by atoms with Crippen LogP contribution in [-0.4, -0.2) is 41.5 Å². The standard InChI is InChI=1S/C13H18ClN3O/c1-2-17-8-4-5-10(9-17)15-13(18)11-6-3-7-12(14)16-11/h3,6-7,10H,2,4-5,8-9H2,1H3,(H,15,18). The summed E-state index contributed by atoms with van der Waals surface area (Å²) < 4.78 is 0. The number of pyridine rings is 1. The SMILES string of the molecule is CCN1CCCC(NC(=O)c2cccc(Cl)n2)C1. The topological polar surface area (TPSA) is 45.2 Å². The highest BCUT2D eigenvalue weighted by Gasteiger charge is 2.21. The van der Waals surface area contributed by atoms with Gasteiger partial charge in [-0.15, -0.1) is 0 Å². The molecular weight excluding hydrogens is 250 g/mol. The summed E-state index contributed by atoms with van der Waals surface area (Å²) in [5.74, 6) is -0.138. The van der Waals surface area contributed by atoms with Crippen LogP contribution in [0.5, 0.6) is 0 Å². The smallest absolute Gasteiger partial charge is 0.270 e. The van der Waals surface area contributed by atoms with E-state index in [4.69, 9.17) is 11.6 Å². The summed E-state index contributed by atoms with van der Waals surface area (Å²) in [6, 6.07) is 5.30. The number of likely N-dealkylation sites (tertiary alicyclic amines) is 1. The van der Waals surface area contributed by atoms with Crippen LogP contribution in [0, 0.1) is 0 Å². The normalized spacial score (nSPS) is 20.7. The predicted molar refractivity (Wildman–Crippen MR) is 71.8 cm³/mol. The van der Waals surface area contributed by atoms with Gasteiger partial charge in [-0.3, -0.25) is 4.79 Å². The Hall–Kier alpha value is -1.13. The first kappa shape index (κ1) is 13.3. The molecule has 0 spiro atoms. The van der Waals surface area contributed by atoms with Crippen molar-refractivity contribution >= 4 is 17.5 Å². The summed E-state index contributed by atoms with van der Waals surface area (Å²) in [4.78, 5) is 18.4. The number of amides is 1. The lowest BCUT2D eigenvalue weighted by Crippen LogP contribution is -2.47. The van der Waals surface area contributed by atoms with E-state index in [-0.39, 0.29) is 11.9 Å². The van der Waals surface area contributed by atoms with E-state index in [1.54, 1.807) is 18.2 Å². The van der Waals surface area contributed by atoms with Gasteiger partial charge in [-0.25, -0.2) is 4.98 Å². The first-order valence-electron chi connectivity index (χ1n) is 6.35. The van der Waals surface area contributed by atoms with Crippen LogP contribution >= 0.6 is 11.6 Å². The summed E-state index contributed by atoms with van der Waals surface area (Å²) >= 11 is 5.78. The fourth-order valence-corrected chi connectivity index (χ4v) is 2.42. The van der Waals surface area contributed by atoms with Gasteiger partial charge < -0.3 is 10.2 Å². The Labute approximate surface area is 112 Å². The fraction of sp³-hybridized carbons (Fsp3) is 0.538. The molecule has 1 aromatic heterocycles. The number of hydrogen-bond donors (Lipinski definition) is 1. The van der Waals surface area contributed by atoms with Crippen molar-refractivity contribution < 1.29 is 4.79 Å². The van der Waals surface area contributed by atoms with E-state index < -0.39 is 0 Å². The molecular formula is C13H18ClN3O. The number of piperidine rings is 1. The van der Waals surface area contributed by atoms with Crippen molar-refractivity contribution in [1.82, 2.24) is 15.2 Å². The van der Waals surface area contributed by atoms with Crippen molar-refractivity contribution in [3.63, 3.8) is 0 Å². The van der Waals surface area contributed by atoms with Crippen LogP contribution in [-0.2, 0) is 0 Å². The summed E-state index contributed by atoms with van der Waals surface area (Å²) in [5.41, 5.74) is 0.385. The first-order chi connectivity index (χ1) is 8.69. The maximum absolute atomic E-state index is 12.0. The van der Waals surface area contributed by atoms with Crippen molar-refractivity contribution in [3.8, 4) is 0 Å². The monoisotopic (exact) mass is 267 g/mol. The van der Waals surface area contributed by atoms with Crippen molar-refractivity contribution in [1.29, 1.82) is 0 Å². The summed E-state index contributed by atoms with van der Waals surface area (Å²) in [5, 5.41) is 3.37. The third kappa shape index (κ3) is 3.43. The summed E-state index contributed by atoms with van der Waals surface area (Å²) in [6.45, 7) is 5.21. The Morgan fingerprint density at radius 2 is 2.44 bits per heavy atom. The van der Waals surface area contributed by atoms with E-state index in [2.05, 4.69) is 22.1 Å². The van der Waals surface area contributed by atoms with Gasteiger partial charge in [-0.1, -0.05) is 24.6 Å². The van der Waals surface area contributed by atoms with Gasteiger partial charge in [-0.2, -0.15) is 0 Å². The summed E-state index contributed by atoms with van der Waals surface area (Å²) in [6.07, 6.45) is 2.16. The third-order valence-electron chi connectivity index (χ3n) is 3.24. The predicted octanol–water partition coefficient (Wildman–Crippen LogP) is 1.95. The zero-order valence-corrected chi connectivity index (χ0v) is 11.3. The second-order valence-electron chi connectivity index (χ2n) is 4.55. The number of nitrogens with one attached hydrogen (secondary N) is 1. The molecule has 1 saturated heterocycles. The minimum absolute atomic E-state index is 0.138. The highest BCUT2D eigenvalue weighted by atomic mass is 35.5. The maximum atomic E-state index is 12.0. The molecule has 1 N–H and O–H groups in total. The van der Waals surface area contributed by atoms with Crippen molar-refractivity contribution in [2.75, 3.05) is 19.6 Å². The summed E-state index contributed by atoms with van der Waals surface area (Å²) in [7, 11) is 0. The van der Waals surface area contributed by atoms with Gasteiger partial charge in [0.25, 0.3) is 5.91 Å². The van der Waals surface area contributed by atoms with Crippen molar-refractivity contribution in [3.05, 3.63) is 29.0 Å². The van der Waals surface area contributed by atoms with Crippen LogP contribution in [0.25, 0.3) is 0 Å². The Morgan fingerprint density at radius 1 is 1.61 bits per heavy atom. The molecule has 0 aliphatic carbocycles. The zero-order valence-electron chi connectivity index (χ0n) is 10.5. The van der Waals surface area contributed by atoms with E-state index in [1.807, 2.05) is 0 Å². The molecule has 4 nitrogen and oxygen atoms in total. The van der Waals surface area contributed by atoms with Crippen LogP contribution in [0.2, 0.25) is 5.15 Å². The van der Waals surface area contributed by atoms with Gasteiger partial charge in [0.05, 0.1) is 0 Å². The minimum atomic E-state index is -0.138. The number of likely N-dealkylation sites (N-methyl/N-ethyl adjacent to an activating group) is 1. The molecule has 0 bridgehead atoms. The number of carbonyl (C=O) groups excluding carboxylic acids is 1. The van der Waals surface area contributed by atoms with Gasteiger partial charge in [0, 0.05) is 12.6 Å². The Kier molecular flexibility index (Phi) is 4.55. The first-order valence-corrected chi connectivity index (χ1v) is 6.72. The molecule has 1 unspecified atom stereocenters. The third-order valence-corrected chi connectivity index (χ3v) is 3.45. The van der Waals surface area contributed by atoms with Crippen LogP contribution in [0.4, 0.5) is 0 Å². The number of carbonyl (C=O) groups is 1. The molecule has 1 fully saturated rings. The van der Waals surface area contributed by atoms with Crippen molar-refractivity contribution in [2.45, 2.75) is 25.8 Å². The molecule has 1 aromatic rings. The lowest BCUT2D eigenvalue weighted by atomic mass is 10.1. The molecule has 0 saturated carbocycles. The van der Waals surface area contributed by atoms with Gasteiger partial charge in [-0.05, 0) is 38.1 Å². The molecule has 1 amide bonds. The van der Waals surface area contributed by atoms with Gasteiger partial charge in [0.15, 0.2) is 0 Å². The Balaban J connectivity index is 1.95.